The Morgan fingerprint density at radius 2 is 2.24 bits per heavy atom. The van der Waals surface area contributed by atoms with Crippen LogP contribution in [0.1, 0.15) is 44.1 Å². The molecule has 5 nitrogen and oxygen atoms in total. The van der Waals surface area contributed by atoms with Crippen molar-refractivity contribution in [2.75, 3.05) is 6.61 Å². The van der Waals surface area contributed by atoms with Crippen molar-refractivity contribution in [1.82, 2.24) is 10.1 Å². The molecule has 3 rings (SSSR count). The van der Waals surface area contributed by atoms with Crippen LogP contribution in [0.3, 0.4) is 0 Å². The van der Waals surface area contributed by atoms with Crippen LogP contribution in [0.2, 0.25) is 0 Å². The number of aliphatic hydroxyl groups is 1. The third-order valence-corrected chi connectivity index (χ3v) is 3.86. The molecule has 1 aromatic heterocycles. The highest BCUT2D eigenvalue weighted by Gasteiger charge is 2.32. The summed E-state index contributed by atoms with van der Waals surface area (Å²) < 4.78 is 11.2. The predicted octanol–water partition coefficient (Wildman–Crippen LogP) is 2.90. The molecule has 0 radical (unpaired) electrons. The van der Waals surface area contributed by atoms with E-state index in [1.807, 2.05) is 24.3 Å². The third kappa shape index (κ3) is 3.14. The van der Waals surface area contributed by atoms with E-state index in [9.17, 15) is 5.11 Å². The van der Waals surface area contributed by atoms with Crippen molar-refractivity contribution in [3.05, 3.63) is 35.7 Å². The van der Waals surface area contributed by atoms with E-state index in [4.69, 9.17) is 9.26 Å². The lowest BCUT2D eigenvalue weighted by molar-refractivity contribution is -0.0627. The van der Waals surface area contributed by atoms with Crippen LogP contribution in [-0.2, 0) is 11.3 Å². The van der Waals surface area contributed by atoms with Gasteiger partial charge in [-0.15, -0.1) is 0 Å². The lowest BCUT2D eigenvalue weighted by Gasteiger charge is -2.33. The molecule has 0 saturated carbocycles. The average molecular weight is 288 g/mol. The van der Waals surface area contributed by atoms with Crippen LogP contribution in [0, 0.1) is 0 Å². The van der Waals surface area contributed by atoms with E-state index in [0.29, 0.717) is 11.7 Å². The molecule has 1 aliphatic heterocycles. The summed E-state index contributed by atoms with van der Waals surface area (Å²) in [5, 5.41) is 13.3. The van der Waals surface area contributed by atoms with Crippen LogP contribution in [0.25, 0.3) is 11.4 Å². The predicted molar refractivity (Wildman–Crippen MR) is 77.7 cm³/mol. The topological polar surface area (TPSA) is 68.4 Å². The van der Waals surface area contributed by atoms with Gasteiger partial charge in [0.15, 0.2) is 0 Å². The Morgan fingerprint density at radius 3 is 3.00 bits per heavy atom. The molecular formula is C16H20N2O3. The number of benzene rings is 1. The van der Waals surface area contributed by atoms with Gasteiger partial charge in [0.2, 0.25) is 11.7 Å². The van der Waals surface area contributed by atoms with E-state index in [0.717, 1.165) is 30.6 Å². The van der Waals surface area contributed by atoms with Crippen LogP contribution >= 0.6 is 0 Å². The first-order valence-electron chi connectivity index (χ1n) is 7.25. The van der Waals surface area contributed by atoms with Crippen molar-refractivity contribution in [3.8, 4) is 11.4 Å². The molecule has 21 heavy (non-hydrogen) atoms. The fraction of sp³-hybridized carbons (Fsp3) is 0.500. The minimum absolute atomic E-state index is 0.00665. The van der Waals surface area contributed by atoms with Gasteiger partial charge in [-0.05, 0) is 38.3 Å². The van der Waals surface area contributed by atoms with Gasteiger partial charge in [0.25, 0.3) is 0 Å². The molecule has 0 bridgehead atoms. The highest BCUT2D eigenvalue weighted by molar-refractivity contribution is 5.55. The largest absolute Gasteiger partial charge is 0.392 e. The van der Waals surface area contributed by atoms with Crippen LogP contribution in [0.4, 0.5) is 0 Å². The lowest BCUT2D eigenvalue weighted by Crippen LogP contribution is -2.33. The Labute approximate surface area is 123 Å². The number of hydrogen-bond acceptors (Lipinski definition) is 5. The Hall–Kier alpha value is -1.72. The van der Waals surface area contributed by atoms with Gasteiger partial charge in [-0.25, -0.2) is 0 Å². The van der Waals surface area contributed by atoms with E-state index < -0.39 is 0 Å². The maximum absolute atomic E-state index is 9.20. The Morgan fingerprint density at radius 1 is 1.38 bits per heavy atom. The number of hydrogen-bond donors (Lipinski definition) is 1. The Kier molecular flexibility index (Phi) is 3.78. The number of nitrogens with zero attached hydrogens (tertiary/aromatic N) is 2. The molecule has 1 aromatic carbocycles. The monoisotopic (exact) mass is 288 g/mol. The number of aromatic nitrogens is 2. The highest BCUT2D eigenvalue weighted by Crippen LogP contribution is 2.35. The van der Waals surface area contributed by atoms with E-state index in [1.165, 1.54) is 0 Å². The van der Waals surface area contributed by atoms with E-state index in [1.54, 1.807) is 0 Å². The molecular weight excluding hydrogens is 268 g/mol. The first kappa shape index (κ1) is 14.2. The summed E-state index contributed by atoms with van der Waals surface area (Å²) in [7, 11) is 0. The third-order valence-electron chi connectivity index (χ3n) is 3.86. The number of ether oxygens (including phenoxy) is 1. The smallest absolute Gasteiger partial charge is 0.230 e. The SMILES string of the molecule is CC1(C)CC(c2nc(-c3cccc(CO)c3)no2)CCO1. The molecule has 0 amide bonds. The van der Waals surface area contributed by atoms with Gasteiger partial charge in [0.05, 0.1) is 12.2 Å². The van der Waals surface area contributed by atoms with Gasteiger partial charge in [-0.2, -0.15) is 4.98 Å². The zero-order valence-electron chi connectivity index (χ0n) is 12.4. The molecule has 1 atom stereocenters. The van der Waals surface area contributed by atoms with E-state index in [-0.39, 0.29) is 18.1 Å². The zero-order chi connectivity index (χ0) is 14.9. The van der Waals surface area contributed by atoms with Crippen LogP contribution < -0.4 is 0 Å². The van der Waals surface area contributed by atoms with Crippen molar-refractivity contribution in [2.24, 2.45) is 0 Å². The van der Waals surface area contributed by atoms with Crippen LogP contribution in [0.15, 0.2) is 28.8 Å². The Bertz CT molecular complexity index is 621. The van der Waals surface area contributed by atoms with E-state index in [2.05, 4.69) is 24.0 Å². The van der Waals surface area contributed by atoms with E-state index >= 15 is 0 Å². The summed E-state index contributed by atoms with van der Waals surface area (Å²) in [5.41, 5.74) is 1.56. The summed E-state index contributed by atoms with van der Waals surface area (Å²) in [6.07, 6.45) is 1.78. The van der Waals surface area contributed by atoms with Crippen molar-refractivity contribution in [3.63, 3.8) is 0 Å². The van der Waals surface area contributed by atoms with Crippen LogP contribution in [-0.4, -0.2) is 27.5 Å². The van der Waals surface area contributed by atoms with Crippen molar-refractivity contribution in [1.29, 1.82) is 0 Å². The van der Waals surface area contributed by atoms with Gasteiger partial charge < -0.3 is 14.4 Å². The van der Waals surface area contributed by atoms with Gasteiger partial charge in [-0.1, -0.05) is 23.4 Å². The summed E-state index contributed by atoms with van der Waals surface area (Å²) in [6, 6.07) is 7.55. The first-order valence-corrected chi connectivity index (χ1v) is 7.25. The van der Waals surface area contributed by atoms with Gasteiger partial charge in [0.1, 0.15) is 0 Å². The number of aliphatic hydroxyl groups excluding tert-OH is 1. The maximum Gasteiger partial charge on any atom is 0.230 e. The normalized spacial score (nSPS) is 21.4. The molecule has 2 aromatic rings. The second-order valence-electron chi connectivity index (χ2n) is 6.11. The zero-order valence-corrected chi connectivity index (χ0v) is 12.4. The second kappa shape index (κ2) is 5.58. The summed E-state index contributed by atoms with van der Waals surface area (Å²) >= 11 is 0. The molecule has 1 N–H and O–H groups in total. The molecule has 0 aliphatic carbocycles. The summed E-state index contributed by atoms with van der Waals surface area (Å²) in [4.78, 5) is 4.53. The molecule has 1 aliphatic rings. The van der Waals surface area contributed by atoms with Gasteiger partial charge >= 0.3 is 0 Å². The van der Waals surface area contributed by atoms with Gasteiger partial charge in [-0.3, -0.25) is 0 Å². The van der Waals surface area contributed by atoms with Crippen LogP contribution in [0.5, 0.6) is 0 Å². The highest BCUT2D eigenvalue weighted by atomic mass is 16.5. The lowest BCUT2D eigenvalue weighted by atomic mass is 9.88. The minimum atomic E-state index is -0.144. The minimum Gasteiger partial charge on any atom is -0.392 e. The molecule has 0 spiro atoms. The summed E-state index contributed by atoms with van der Waals surface area (Å²) in [5.74, 6) is 1.50. The quantitative estimate of drug-likeness (QED) is 0.940. The number of rotatable bonds is 3. The average Bonchev–Trinajstić information content (AvgIpc) is 2.96. The van der Waals surface area contributed by atoms with Crippen molar-refractivity contribution >= 4 is 0 Å². The van der Waals surface area contributed by atoms with Crippen molar-refractivity contribution in [2.45, 2.75) is 44.8 Å². The molecule has 2 heterocycles. The fourth-order valence-electron chi connectivity index (χ4n) is 2.77. The molecule has 1 saturated heterocycles. The maximum atomic E-state index is 9.20. The van der Waals surface area contributed by atoms with Gasteiger partial charge in [0, 0.05) is 18.1 Å². The van der Waals surface area contributed by atoms with Crippen molar-refractivity contribution < 1.29 is 14.4 Å². The standard InChI is InChI=1S/C16H20N2O3/c1-16(2)9-13(6-7-20-16)15-17-14(18-21-15)12-5-3-4-11(8-12)10-19/h3-5,8,13,19H,6-7,9-10H2,1-2H3. The molecule has 112 valence electrons. The second-order valence-corrected chi connectivity index (χ2v) is 6.11. The Balaban J connectivity index is 1.82. The molecule has 5 heteroatoms. The molecule has 1 fully saturated rings. The summed E-state index contributed by atoms with van der Waals surface area (Å²) in [6.45, 7) is 4.89. The fourth-order valence-corrected chi connectivity index (χ4v) is 2.77. The molecule has 1 unspecified atom stereocenters. The first-order chi connectivity index (χ1) is 10.1.